The van der Waals surface area contributed by atoms with Crippen molar-refractivity contribution in [3.05, 3.63) is 47.6 Å². The summed E-state index contributed by atoms with van der Waals surface area (Å²) in [4.78, 5) is 14.7. The van der Waals surface area contributed by atoms with Crippen molar-refractivity contribution in [2.24, 2.45) is 45.3 Å². The molecular weight excluding hydrogens is 652 g/mol. The van der Waals surface area contributed by atoms with E-state index < -0.39 is 74.7 Å². The Kier molecular flexibility index (Phi) is 6.79. The van der Waals surface area contributed by atoms with E-state index in [2.05, 4.69) is 19.1 Å². The number of carbonyl (C=O) groups is 1. The quantitative estimate of drug-likeness (QED) is 0.171. The van der Waals surface area contributed by atoms with Crippen molar-refractivity contribution in [1.29, 1.82) is 0 Å². The summed E-state index contributed by atoms with van der Waals surface area (Å²) in [6.45, 7) is 7.80. The Hall–Kier alpha value is -2.31. The molecule has 11 rings (SSSR count). The number of aliphatic hydroxyl groups excluding tert-OH is 3. The molecule has 1 saturated heterocycles. The minimum Gasteiger partial charge on any atom is -0.504 e. The van der Waals surface area contributed by atoms with Gasteiger partial charge < -0.3 is 45.6 Å². The van der Waals surface area contributed by atoms with E-state index >= 15 is 0 Å². The zero-order valence-electron chi connectivity index (χ0n) is 30.0. The van der Waals surface area contributed by atoms with Gasteiger partial charge in [0.25, 0.3) is 0 Å². The molecule has 1 heterocycles. The fourth-order valence-corrected chi connectivity index (χ4v) is 14.7. The van der Waals surface area contributed by atoms with Gasteiger partial charge in [0.1, 0.15) is 11.2 Å². The fourth-order valence-electron chi connectivity index (χ4n) is 14.7. The minimum absolute atomic E-state index is 0.0338. The van der Waals surface area contributed by atoms with Crippen molar-refractivity contribution < 1.29 is 50.4 Å². The Morgan fingerprint density at radius 3 is 2.29 bits per heavy atom. The highest BCUT2D eigenvalue weighted by molar-refractivity contribution is 5.96. The average Bonchev–Trinajstić information content (AvgIpc) is 3.36. The molecule has 2 spiro atoms. The molecule has 1 aromatic rings. The first kappa shape index (κ1) is 34.5. The number of ketones is 1. The van der Waals surface area contributed by atoms with E-state index in [4.69, 9.17) is 4.74 Å². The highest BCUT2D eigenvalue weighted by Crippen LogP contribution is 2.80. The van der Waals surface area contributed by atoms with E-state index in [9.17, 15) is 45.6 Å². The molecule has 10 aliphatic rings. The first-order chi connectivity index (χ1) is 23.8. The normalized spacial score (nSPS) is 56.4. The van der Waals surface area contributed by atoms with Gasteiger partial charge in [-0.3, -0.25) is 4.79 Å². The third-order valence-corrected chi connectivity index (χ3v) is 17.5. The lowest BCUT2D eigenvalue weighted by atomic mass is 9.38. The van der Waals surface area contributed by atoms with Crippen molar-refractivity contribution in [2.75, 3.05) is 6.61 Å². The van der Waals surface area contributed by atoms with Crippen LogP contribution in [0.3, 0.4) is 0 Å². The lowest BCUT2D eigenvalue weighted by Crippen LogP contribution is -2.70. The Morgan fingerprint density at radius 1 is 0.902 bits per heavy atom. The standard InChI is InChI=1S/C41H54O10/c1-21-33(47)41(23-7-9-34(21,2)10-8-23)39(49,15-16-42)32-27(51-41)19-40(50)28-18-26(45)31-30(22-5-6-24(43)25(44)17-22)38(48)14-13-37(28,12-11-35(32,40)3)36(31,4)20-29(38)46/h5-7,9,17-18,21,23,27,29-33,42-44,46-50H,8,10-16,19-20H2,1-4H3/t21-,23-,27-,29-,30+,31-,32+,33-,34-,35+,36-,37+,38-,39+,40-,41-/m0/s1. The minimum atomic E-state index is -1.70. The topological polar surface area (TPSA) is 188 Å². The highest BCUT2D eigenvalue weighted by atomic mass is 16.6. The van der Waals surface area contributed by atoms with Gasteiger partial charge in [-0.2, -0.15) is 0 Å². The number of benzene rings is 1. The van der Waals surface area contributed by atoms with Crippen LogP contribution in [-0.2, 0) is 9.53 Å². The predicted molar refractivity (Wildman–Crippen MR) is 184 cm³/mol. The van der Waals surface area contributed by atoms with E-state index in [1.165, 1.54) is 12.1 Å². The second-order valence-corrected chi connectivity index (χ2v) is 18.9. The molecule has 0 aromatic heterocycles. The number of aromatic hydroxyl groups is 2. The van der Waals surface area contributed by atoms with Crippen LogP contribution in [0.25, 0.3) is 0 Å². The number of fused-ring (bicyclic) bond motifs is 8. The van der Waals surface area contributed by atoms with Crippen LogP contribution in [0.4, 0.5) is 0 Å². The van der Waals surface area contributed by atoms with Crippen molar-refractivity contribution in [3.63, 3.8) is 0 Å². The van der Waals surface area contributed by atoms with Crippen LogP contribution in [0, 0.1) is 45.3 Å². The van der Waals surface area contributed by atoms with Gasteiger partial charge in [0, 0.05) is 54.0 Å². The summed E-state index contributed by atoms with van der Waals surface area (Å²) in [7, 11) is 0. The molecule has 6 bridgehead atoms. The molecule has 51 heavy (non-hydrogen) atoms. The van der Waals surface area contributed by atoms with Gasteiger partial charge in [0.15, 0.2) is 17.3 Å². The number of allylic oxidation sites excluding steroid dienone is 2. The maximum Gasteiger partial charge on any atom is 0.160 e. The third-order valence-electron chi connectivity index (χ3n) is 17.5. The molecule has 278 valence electrons. The maximum atomic E-state index is 14.7. The van der Waals surface area contributed by atoms with Gasteiger partial charge in [-0.1, -0.05) is 45.9 Å². The Morgan fingerprint density at radius 2 is 1.63 bits per heavy atom. The zero-order valence-corrected chi connectivity index (χ0v) is 30.0. The van der Waals surface area contributed by atoms with E-state index in [0.29, 0.717) is 30.4 Å². The number of ether oxygens (including phenoxy) is 1. The van der Waals surface area contributed by atoms with Crippen LogP contribution in [0.15, 0.2) is 42.0 Å². The number of phenolic OH excluding ortho intramolecular Hbond substituents is 2. The molecule has 8 N–H and O–H groups in total. The number of hydrogen-bond acceptors (Lipinski definition) is 10. The summed E-state index contributed by atoms with van der Waals surface area (Å²) in [5.74, 6) is -3.78. The zero-order chi connectivity index (χ0) is 36.5. The van der Waals surface area contributed by atoms with E-state index in [1.807, 2.05) is 20.8 Å². The molecule has 0 unspecified atom stereocenters. The summed E-state index contributed by atoms with van der Waals surface area (Å²) >= 11 is 0. The van der Waals surface area contributed by atoms with Crippen LogP contribution in [-0.4, -0.2) is 94.0 Å². The second-order valence-electron chi connectivity index (χ2n) is 18.9. The van der Waals surface area contributed by atoms with Crippen LogP contribution in [0.2, 0.25) is 0 Å². The molecule has 6 saturated carbocycles. The SMILES string of the molecule is C[C@H]1[C@H](O)[C@@]2(O[C@H]3C[C@]4(O)C5=CC(=O)[C@H]6[C@@H](c7ccc(O)c(O)c7)[C@]7(O)CC[C@@]5(CC[C@]4(C)[C@@H]3[C@]2(O)CCO)[C@@]6(C)C[C@@H]7O)[C@H]2C=C[C@@]1(C)CC2. The van der Waals surface area contributed by atoms with Crippen LogP contribution in [0.1, 0.15) is 97.0 Å². The van der Waals surface area contributed by atoms with Gasteiger partial charge >= 0.3 is 0 Å². The monoisotopic (exact) mass is 706 g/mol. The van der Waals surface area contributed by atoms with E-state index in [0.717, 1.165) is 12.8 Å². The Bertz CT molecular complexity index is 1780. The summed E-state index contributed by atoms with van der Waals surface area (Å²) in [5, 5.41) is 94.3. The number of hydrogen-bond donors (Lipinski definition) is 8. The molecule has 10 heteroatoms. The van der Waals surface area contributed by atoms with Gasteiger partial charge in [-0.25, -0.2) is 0 Å². The van der Waals surface area contributed by atoms with Crippen LogP contribution < -0.4 is 0 Å². The Balaban J connectivity index is 1.19. The number of carbonyl (C=O) groups excluding carboxylic acids is 1. The van der Waals surface area contributed by atoms with Crippen LogP contribution in [0.5, 0.6) is 11.5 Å². The molecule has 0 amide bonds. The molecule has 0 radical (unpaired) electrons. The third kappa shape index (κ3) is 3.58. The fraction of sp³-hybridized carbons (Fsp3) is 0.732. The van der Waals surface area contributed by atoms with E-state index in [-0.39, 0.29) is 66.8 Å². The van der Waals surface area contributed by atoms with Crippen LogP contribution >= 0.6 is 0 Å². The Labute approximate surface area is 298 Å². The van der Waals surface area contributed by atoms with E-state index in [1.54, 1.807) is 12.1 Å². The summed E-state index contributed by atoms with van der Waals surface area (Å²) in [6.07, 6.45) is 6.28. The first-order valence-corrected chi connectivity index (χ1v) is 19.1. The number of phenols is 2. The molecule has 1 aromatic carbocycles. The number of rotatable bonds is 3. The van der Waals surface area contributed by atoms with Gasteiger partial charge in [0.05, 0.1) is 29.5 Å². The smallest absolute Gasteiger partial charge is 0.160 e. The van der Waals surface area contributed by atoms with Crippen molar-refractivity contribution in [1.82, 2.24) is 0 Å². The van der Waals surface area contributed by atoms with Gasteiger partial charge in [-0.15, -0.1) is 0 Å². The molecule has 9 aliphatic carbocycles. The van der Waals surface area contributed by atoms with Gasteiger partial charge in [-0.05, 0) is 91.0 Å². The molecule has 1 aliphatic heterocycles. The van der Waals surface area contributed by atoms with Crippen molar-refractivity contribution >= 4 is 5.78 Å². The molecule has 7 fully saturated rings. The summed E-state index contributed by atoms with van der Waals surface area (Å²) < 4.78 is 7.13. The molecule has 16 atom stereocenters. The molecule has 10 nitrogen and oxygen atoms in total. The molecular formula is C41H54O10. The predicted octanol–water partition coefficient (Wildman–Crippen LogP) is 3.37. The maximum absolute atomic E-state index is 14.7. The first-order valence-electron chi connectivity index (χ1n) is 19.1. The highest BCUT2D eigenvalue weighted by Gasteiger charge is 2.84. The largest absolute Gasteiger partial charge is 0.504 e. The average molecular weight is 707 g/mol. The summed E-state index contributed by atoms with van der Waals surface area (Å²) in [5.41, 5.74) is -8.29. The van der Waals surface area contributed by atoms with Gasteiger partial charge in [0.2, 0.25) is 0 Å². The number of aliphatic hydroxyl groups is 6. The van der Waals surface area contributed by atoms with Crippen molar-refractivity contribution in [3.8, 4) is 11.5 Å². The lowest BCUT2D eigenvalue weighted by molar-refractivity contribution is -0.247. The summed E-state index contributed by atoms with van der Waals surface area (Å²) in [6, 6.07) is 4.31. The second kappa shape index (κ2) is 10.1. The lowest BCUT2D eigenvalue weighted by Gasteiger charge is -2.67. The van der Waals surface area contributed by atoms with Crippen molar-refractivity contribution in [2.45, 2.75) is 132 Å².